The molecule has 3 N–H and O–H groups in total. The van der Waals surface area contributed by atoms with Crippen LogP contribution >= 0.6 is 0 Å². The van der Waals surface area contributed by atoms with Gasteiger partial charge in [0.15, 0.2) is 0 Å². The van der Waals surface area contributed by atoms with E-state index in [-0.39, 0.29) is 6.03 Å². The molecule has 0 aromatic heterocycles. The van der Waals surface area contributed by atoms with Crippen LogP contribution in [0, 0.1) is 0 Å². The van der Waals surface area contributed by atoms with Gasteiger partial charge in [-0.15, -0.1) is 0 Å². The molecular weight excluding hydrogens is 250 g/mol. The number of amides is 2. The lowest BCUT2D eigenvalue weighted by atomic mass is 9.96. The minimum atomic E-state index is -0.0689. The molecule has 1 aromatic rings. The number of carbonyl (C=O) groups excluding carboxylic acids is 1. The lowest BCUT2D eigenvalue weighted by Gasteiger charge is -2.23. The van der Waals surface area contributed by atoms with Crippen molar-refractivity contribution in [1.82, 2.24) is 5.32 Å². The van der Waals surface area contributed by atoms with Crippen molar-refractivity contribution in [3.05, 3.63) is 23.8 Å². The SMILES string of the molecule is O=C(Nc1ccc2c(c1)CCCN2)NC1CCCCC1. The fraction of sp³-hybridized carbons (Fsp3) is 0.562. The third kappa shape index (κ3) is 3.24. The second-order valence-electron chi connectivity index (χ2n) is 5.84. The summed E-state index contributed by atoms with van der Waals surface area (Å²) in [5.74, 6) is 0. The van der Waals surface area contributed by atoms with Crippen LogP contribution in [0.5, 0.6) is 0 Å². The first-order valence-electron chi connectivity index (χ1n) is 7.75. The largest absolute Gasteiger partial charge is 0.385 e. The van der Waals surface area contributed by atoms with E-state index >= 15 is 0 Å². The normalized spacial score (nSPS) is 18.8. The van der Waals surface area contributed by atoms with Gasteiger partial charge < -0.3 is 16.0 Å². The van der Waals surface area contributed by atoms with Crippen LogP contribution in [0.4, 0.5) is 16.2 Å². The van der Waals surface area contributed by atoms with Crippen LogP contribution in [0.2, 0.25) is 0 Å². The Labute approximate surface area is 120 Å². The van der Waals surface area contributed by atoms with Gasteiger partial charge in [0.25, 0.3) is 0 Å². The fourth-order valence-corrected chi connectivity index (χ4v) is 3.15. The Morgan fingerprint density at radius 2 is 2.00 bits per heavy atom. The number of hydrogen-bond donors (Lipinski definition) is 3. The molecule has 1 fully saturated rings. The maximum Gasteiger partial charge on any atom is 0.319 e. The molecule has 4 nitrogen and oxygen atoms in total. The van der Waals surface area contributed by atoms with Gasteiger partial charge >= 0.3 is 6.03 Å². The molecule has 1 aliphatic heterocycles. The summed E-state index contributed by atoms with van der Waals surface area (Å²) in [5, 5.41) is 9.42. The second kappa shape index (κ2) is 6.16. The summed E-state index contributed by atoms with van der Waals surface area (Å²) in [4.78, 5) is 12.0. The fourth-order valence-electron chi connectivity index (χ4n) is 3.15. The number of carbonyl (C=O) groups is 1. The average Bonchev–Trinajstić information content (AvgIpc) is 2.48. The zero-order valence-corrected chi connectivity index (χ0v) is 11.9. The van der Waals surface area contributed by atoms with E-state index in [2.05, 4.69) is 28.1 Å². The third-order valence-electron chi connectivity index (χ3n) is 4.24. The number of aryl methyl sites for hydroxylation is 1. The zero-order valence-electron chi connectivity index (χ0n) is 11.9. The summed E-state index contributed by atoms with van der Waals surface area (Å²) in [6.07, 6.45) is 8.23. The van der Waals surface area contributed by atoms with E-state index in [1.807, 2.05) is 6.07 Å². The molecule has 2 aliphatic rings. The number of urea groups is 1. The highest BCUT2D eigenvalue weighted by Crippen LogP contribution is 2.25. The highest BCUT2D eigenvalue weighted by molar-refractivity contribution is 5.90. The Balaban J connectivity index is 1.58. The number of nitrogens with one attached hydrogen (secondary N) is 3. The molecule has 0 bridgehead atoms. The van der Waals surface area contributed by atoms with Crippen LogP contribution in [0.25, 0.3) is 0 Å². The Hall–Kier alpha value is -1.71. The van der Waals surface area contributed by atoms with E-state index in [0.29, 0.717) is 6.04 Å². The van der Waals surface area contributed by atoms with Crippen molar-refractivity contribution in [2.45, 2.75) is 51.0 Å². The van der Waals surface area contributed by atoms with E-state index in [9.17, 15) is 4.79 Å². The predicted molar refractivity (Wildman–Crippen MR) is 82.3 cm³/mol. The molecule has 1 aliphatic carbocycles. The highest BCUT2D eigenvalue weighted by Gasteiger charge is 2.16. The van der Waals surface area contributed by atoms with Gasteiger partial charge in [-0.3, -0.25) is 0 Å². The molecule has 1 heterocycles. The van der Waals surface area contributed by atoms with Crippen molar-refractivity contribution in [2.24, 2.45) is 0 Å². The van der Waals surface area contributed by atoms with Gasteiger partial charge in [-0.2, -0.15) is 0 Å². The number of anilines is 2. The van der Waals surface area contributed by atoms with Crippen LogP contribution in [0.3, 0.4) is 0 Å². The molecule has 1 aromatic carbocycles. The summed E-state index contributed by atoms with van der Waals surface area (Å²) >= 11 is 0. The Morgan fingerprint density at radius 1 is 1.15 bits per heavy atom. The van der Waals surface area contributed by atoms with Crippen molar-refractivity contribution in [2.75, 3.05) is 17.2 Å². The van der Waals surface area contributed by atoms with Gasteiger partial charge in [0.1, 0.15) is 0 Å². The van der Waals surface area contributed by atoms with Crippen LogP contribution < -0.4 is 16.0 Å². The number of benzene rings is 1. The first-order valence-corrected chi connectivity index (χ1v) is 7.75. The topological polar surface area (TPSA) is 53.2 Å². The van der Waals surface area contributed by atoms with Gasteiger partial charge in [0.05, 0.1) is 0 Å². The maximum absolute atomic E-state index is 12.0. The zero-order chi connectivity index (χ0) is 13.8. The van der Waals surface area contributed by atoms with E-state index in [1.165, 1.54) is 30.5 Å². The van der Waals surface area contributed by atoms with Crippen LogP contribution in [-0.4, -0.2) is 18.6 Å². The monoisotopic (exact) mass is 273 g/mol. The summed E-state index contributed by atoms with van der Waals surface area (Å²) in [6, 6.07) is 6.40. The molecule has 20 heavy (non-hydrogen) atoms. The van der Waals surface area contributed by atoms with E-state index in [0.717, 1.165) is 37.9 Å². The molecule has 1 saturated carbocycles. The number of fused-ring (bicyclic) bond motifs is 1. The van der Waals surface area contributed by atoms with Crippen molar-refractivity contribution >= 4 is 17.4 Å². The Kier molecular flexibility index (Phi) is 4.09. The molecule has 0 saturated heterocycles. The first kappa shape index (κ1) is 13.3. The summed E-state index contributed by atoms with van der Waals surface area (Å²) < 4.78 is 0. The smallest absolute Gasteiger partial charge is 0.319 e. The molecule has 2 amide bonds. The minimum Gasteiger partial charge on any atom is -0.385 e. The van der Waals surface area contributed by atoms with Gasteiger partial charge in [-0.1, -0.05) is 19.3 Å². The second-order valence-corrected chi connectivity index (χ2v) is 5.84. The van der Waals surface area contributed by atoms with Crippen LogP contribution in [0.15, 0.2) is 18.2 Å². The summed E-state index contributed by atoms with van der Waals surface area (Å²) in [6.45, 7) is 1.04. The van der Waals surface area contributed by atoms with Crippen LogP contribution in [-0.2, 0) is 6.42 Å². The number of rotatable bonds is 2. The average molecular weight is 273 g/mol. The predicted octanol–water partition coefficient (Wildman–Crippen LogP) is 3.50. The number of hydrogen-bond acceptors (Lipinski definition) is 2. The van der Waals surface area contributed by atoms with Gasteiger partial charge in [0, 0.05) is 24.0 Å². The summed E-state index contributed by atoms with van der Waals surface area (Å²) in [5.41, 5.74) is 3.39. The standard InChI is InChI=1S/C16H23N3O/c20-16(18-13-6-2-1-3-7-13)19-14-8-9-15-12(11-14)5-4-10-17-15/h8-9,11,13,17H,1-7,10H2,(H2,18,19,20). The summed E-state index contributed by atoms with van der Waals surface area (Å²) in [7, 11) is 0. The van der Waals surface area contributed by atoms with Crippen LogP contribution in [0.1, 0.15) is 44.1 Å². The lowest BCUT2D eigenvalue weighted by Crippen LogP contribution is -2.39. The van der Waals surface area contributed by atoms with Crippen molar-refractivity contribution in [3.63, 3.8) is 0 Å². The first-order chi connectivity index (χ1) is 9.81. The molecule has 0 unspecified atom stereocenters. The van der Waals surface area contributed by atoms with Gasteiger partial charge in [0.2, 0.25) is 0 Å². The molecule has 3 rings (SSSR count). The third-order valence-corrected chi connectivity index (χ3v) is 4.24. The molecule has 108 valence electrons. The van der Waals surface area contributed by atoms with Crippen molar-refractivity contribution in [3.8, 4) is 0 Å². The van der Waals surface area contributed by atoms with E-state index < -0.39 is 0 Å². The molecule has 0 atom stereocenters. The quantitative estimate of drug-likeness (QED) is 0.772. The molecular formula is C16H23N3O. The highest BCUT2D eigenvalue weighted by atomic mass is 16.2. The Morgan fingerprint density at radius 3 is 2.85 bits per heavy atom. The van der Waals surface area contributed by atoms with E-state index in [4.69, 9.17) is 0 Å². The van der Waals surface area contributed by atoms with Crippen molar-refractivity contribution < 1.29 is 4.79 Å². The molecule has 0 radical (unpaired) electrons. The van der Waals surface area contributed by atoms with Crippen molar-refractivity contribution in [1.29, 1.82) is 0 Å². The van der Waals surface area contributed by atoms with Gasteiger partial charge in [-0.25, -0.2) is 4.79 Å². The molecule has 0 spiro atoms. The maximum atomic E-state index is 12.0. The molecule has 4 heteroatoms. The van der Waals surface area contributed by atoms with Gasteiger partial charge in [-0.05, 0) is 49.4 Å². The lowest BCUT2D eigenvalue weighted by molar-refractivity contribution is 0.244. The Bertz CT molecular complexity index is 481. The van der Waals surface area contributed by atoms with E-state index in [1.54, 1.807) is 0 Å². The minimum absolute atomic E-state index is 0.0689.